The number of primary amides is 1. The number of ether oxygens (including phenoxy) is 1. The molecule has 0 atom stereocenters. The Bertz CT molecular complexity index is 642. The largest absolute Gasteiger partial charge is 0.506 e. The van der Waals surface area contributed by atoms with Crippen molar-refractivity contribution in [2.45, 2.75) is 6.61 Å². The van der Waals surface area contributed by atoms with E-state index in [0.29, 0.717) is 22.2 Å². The third kappa shape index (κ3) is 5.31. The van der Waals surface area contributed by atoms with Crippen LogP contribution in [0.4, 0.5) is 0 Å². The topological polar surface area (TPSA) is 96.4 Å². The number of rotatable bonds is 4. The van der Waals surface area contributed by atoms with Gasteiger partial charge in [0.25, 0.3) is 0 Å². The minimum absolute atomic E-state index is 0.123. The van der Waals surface area contributed by atoms with E-state index in [0.717, 1.165) is 11.8 Å². The van der Waals surface area contributed by atoms with Gasteiger partial charge in [0.05, 0.1) is 11.1 Å². The molecule has 4 N–H and O–H groups in total. The normalized spacial score (nSPS) is 9.55. The summed E-state index contributed by atoms with van der Waals surface area (Å²) in [6.45, 7) is 0.555. The number of carbonyl (C=O) groups excluding carboxylic acids is 1. The molecule has 6 heteroatoms. The van der Waals surface area contributed by atoms with Gasteiger partial charge in [-0.3, -0.25) is 4.79 Å². The summed E-state index contributed by atoms with van der Waals surface area (Å²) in [4.78, 5) is 10.7. The molecule has 0 spiro atoms. The van der Waals surface area contributed by atoms with Crippen molar-refractivity contribution in [3.63, 3.8) is 0 Å². The van der Waals surface area contributed by atoms with Crippen molar-refractivity contribution < 1.29 is 14.6 Å². The molecule has 2 aromatic rings. The number of hydrogen-bond donors (Lipinski definition) is 3. The van der Waals surface area contributed by atoms with Gasteiger partial charge in [-0.25, -0.2) is 0 Å². The van der Waals surface area contributed by atoms with Gasteiger partial charge in [-0.05, 0) is 45.8 Å². The molecule has 0 radical (unpaired) electrons. The summed E-state index contributed by atoms with van der Waals surface area (Å²) in [6.07, 6.45) is 1.11. The van der Waals surface area contributed by atoms with E-state index in [2.05, 4.69) is 15.9 Å². The molecule has 0 saturated carbocycles. The lowest BCUT2D eigenvalue weighted by Gasteiger charge is -1.99. The molecule has 0 heterocycles. The van der Waals surface area contributed by atoms with Crippen LogP contribution in [0.5, 0.6) is 5.75 Å². The highest BCUT2D eigenvalue weighted by molar-refractivity contribution is 9.10. The summed E-state index contributed by atoms with van der Waals surface area (Å²) >= 11 is 3.13. The van der Waals surface area contributed by atoms with E-state index < -0.39 is 5.91 Å². The number of hydrogen-bond acceptors (Lipinski definition) is 4. The van der Waals surface area contributed by atoms with E-state index in [4.69, 9.17) is 15.9 Å². The molecule has 22 heavy (non-hydrogen) atoms. The molecule has 0 aliphatic heterocycles. The molecule has 0 aliphatic carbocycles. The zero-order valence-corrected chi connectivity index (χ0v) is 13.6. The summed E-state index contributed by atoms with van der Waals surface area (Å²) in [7, 11) is 1.63. The number of amides is 1. The van der Waals surface area contributed by atoms with Crippen molar-refractivity contribution in [3.8, 4) is 5.75 Å². The number of nitrogens with one attached hydrogen (secondary N) is 1. The van der Waals surface area contributed by atoms with Gasteiger partial charge >= 0.3 is 0 Å². The lowest BCUT2D eigenvalue weighted by atomic mass is 10.1. The highest BCUT2D eigenvalue weighted by Crippen LogP contribution is 2.25. The molecule has 1 amide bonds. The van der Waals surface area contributed by atoms with Gasteiger partial charge in [-0.1, -0.05) is 18.2 Å². The average Bonchev–Trinajstić information content (AvgIpc) is 2.51. The smallest absolute Gasteiger partial charge is 0.248 e. The lowest BCUT2D eigenvalue weighted by Crippen LogP contribution is -2.10. The molecule has 0 fully saturated rings. The van der Waals surface area contributed by atoms with Crippen LogP contribution in [-0.4, -0.2) is 24.3 Å². The van der Waals surface area contributed by atoms with Crippen molar-refractivity contribution in [2.75, 3.05) is 7.11 Å². The molecule has 2 aromatic carbocycles. The number of phenolic OH excluding ortho intramolecular Hbond substituents is 1. The summed E-state index contributed by atoms with van der Waals surface area (Å²) in [5.41, 5.74) is 7.14. The SMILES string of the molecule is COCc1ccc(C(N)=O)cc1.N=Cc1cccc(Br)c1O. The molecule has 0 aliphatic rings. The third-order valence-electron chi connectivity index (χ3n) is 2.72. The first kappa shape index (κ1) is 17.9. The zero-order valence-electron chi connectivity index (χ0n) is 12.0. The van der Waals surface area contributed by atoms with Crippen LogP contribution in [0.25, 0.3) is 0 Å². The average molecular weight is 365 g/mol. The van der Waals surface area contributed by atoms with Gasteiger partial charge in [0.2, 0.25) is 5.91 Å². The van der Waals surface area contributed by atoms with E-state index in [1.807, 2.05) is 12.1 Å². The second-order valence-corrected chi connectivity index (χ2v) is 5.17. The summed E-state index contributed by atoms with van der Waals surface area (Å²) in [6, 6.07) is 12.2. The van der Waals surface area contributed by atoms with Crippen LogP contribution in [0.3, 0.4) is 0 Å². The van der Waals surface area contributed by atoms with Gasteiger partial charge in [0.1, 0.15) is 5.75 Å². The second-order valence-electron chi connectivity index (χ2n) is 4.32. The molecular weight excluding hydrogens is 348 g/mol. The van der Waals surface area contributed by atoms with Crippen LogP contribution in [-0.2, 0) is 11.3 Å². The van der Waals surface area contributed by atoms with E-state index in [9.17, 15) is 9.90 Å². The summed E-state index contributed by atoms with van der Waals surface area (Å²) < 4.78 is 5.53. The molecule has 5 nitrogen and oxygen atoms in total. The van der Waals surface area contributed by atoms with Crippen LogP contribution in [0, 0.1) is 5.41 Å². The molecule has 0 unspecified atom stereocenters. The third-order valence-corrected chi connectivity index (χ3v) is 3.36. The minimum atomic E-state index is -0.404. The Morgan fingerprint density at radius 1 is 1.32 bits per heavy atom. The molecule has 0 bridgehead atoms. The van der Waals surface area contributed by atoms with Gasteiger partial charge in [0, 0.05) is 24.5 Å². The fraction of sp³-hybridized carbons (Fsp3) is 0.125. The van der Waals surface area contributed by atoms with Gasteiger partial charge in [0.15, 0.2) is 0 Å². The van der Waals surface area contributed by atoms with E-state index in [1.165, 1.54) is 0 Å². The van der Waals surface area contributed by atoms with Gasteiger partial charge in [-0.2, -0.15) is 0 Å². The molecule has 2 rings (SSSR count). The Morgan fingerprint density at radius 3 is 2.41 bits per heavy atom. The van der Waals surface area contributed by atoms with Crippen LogP contribution in [0.1, 0.15) is 21.5 Å². The number of aromatic hydroxyl groups is 1. The first-order valence-electron chi connectivity index (χ1n) is 6.35. The van der Waals surface area contributed by atoms with Gasteiger partial charge in [-0.15, -0.1) is 0 Å². The van der Waals surface area contributed by atoms with Crippen molar-refractivity contribution >= 4 is 28.1 Å². The first-order chi connectivity index (χ1) is 10.5. The maximum atomic E-state index is 10.7. The van der Waals surface area contributed by atoms with Crippen molar-refractivity contribution in [1.82, 2.24) is 0 Å². The van der Waals surface area contributed by atoms with Crippen LogP contribution in [0.15, 0.2) is 46.9 Å². The van der Waals surface area contributed by atoms with Crippen molar-refractivity contribution in [3.05, 3.63) is 63.6 Å². The maximum absolute atomic E-state index is 10.7. The lowest BCUT2D eigenvalue weighted by molar-refractivity contribution is 0.1000. The number of benzene rings is 2. The molecule has 0 aromatic heterocycles. The predicted molar refractivity (Wildman–Crippen MR) is 89.4 cm³/mol. The maximum Gasteiger partial charge on any atom is 0.248 e. The first-order valence-corrected chi connectivity index (χ1v) is 7.14. The molecule has 116 valence electrons. The Balaban J connectivity index is 0.000000224. The van der Waals surface area contributed by atoms with Gasteiger partial charge < -0.3 is 21.0 Å². The van der Waals surface area contributed by atoms with Crippen LogP contribution in [0.2, 0.25) is 0 Å². The predicted octanol–water partition coefficient (Wildman–Crippen LogP) is 3.08. The van der Waals surface area contributed by atoms with E-state index in [1.54, 1.807) is 37.4 Å². The number of nitrogens with two attached hydrogens (primary N) is 1. The van der Waals surface area contributed by atoms with Crippen LogP contribution < -0.4 is 5.73 Å². The molecular formula is C16H17BrN2O3. The number of phenols is 1. The fourth-order valence-corrected chi connectivity index (χ4v) is 1.96. The Labute approximate surface area is 137 Å². The number of halogens is 1. The number of carbonyl (C=O) groups is 1. The Hall–Kier alpha value is -2.18. The highest BCUT2D eigenvalue weighted by atomic mass is 79.9. The van der Waals surface area contributed by atoms with E-state index in [-0.39, 0.29) is 5.75 Å². The number of para-hydroxylation sites is 1. The fourth-order valence-electron chi connectivity index (χ4n) is 1.58. The minimum Gasteiger partial charge on any atom is -0.506 e. The van der Waals surface area contributed by atoms with Crippen LogP contribution >= 0.6 is 15.9 Å². The quantitative estimate of drug-likeness (QED) is 0.727. The summed E-state index contributed by atoms with van der Waals surface area (Å²) in [5.74, 6) is -0.281. The molecule has 0 saturated heterocycles. The Kier molecular flexibility index (Phi) is 7.28. The van der Waals surface area contributed by atoms with Crippen molar-refractivity contribution in [2.24, 2.45) is 5.73 Å². The summed E-state index contributed by atoms with van der Waals surface area (Å²) in [5, 5.41) is 16.1. The Morgan fingerprint density at radius 2 is 1.95 bits per heavy atom. The van der Waals surface area contributed by atoms with E-state index >= 15 is 0 Å². The zero-order chi connectivity index (χ0) is 16.5. The number of methoxy groups -OCH3 is 1. The standard InChI is InChI=1S/C9H11NO2.C7H6BrNO/c1-12-6-7-2-4-8(5-3-7)9(10)11;8-6-3-1-2-5(4-9)7(6)10/h2-5H,6H2,1H3,(H2,10,11);1-4,9-10H. The monoisotopic (exact) mass is 364 g/mol. The highest BCUT2D eigenvalue weighted by Gasteiger charge is 2.00. The van der Waals surface area contributed by atoms with Crippen molar-refractivity contribution in [1.29, 1.82) is 5.41 Å². The second kappa shape index (κ2) is 8.96.